The van der Waals surface area contributed by atoms with Crippen molar-refractivity contribution in [3.8, 4) is 6.07 Å². The third-order valence-corrected chi connectivity index (χ3v) is 9.48. The largest absolute Gasteiger partial charge is 0.316 e. The van der Waals surface area contributed by atoms with Crippen molar-refractivity contribution in [1.82, 2.24) is 14.8 Å². The maximum absolute atomic E-state index is 12.8. The normalized spacial score (nSPS) is 16.3. The van der Waals surface area contributed by atoms with Crippen molar-refractivity contribution >= 4 is 45.3 Å². The maximum atomic E-state index is 12.8. The molecule has 0 radical (unpaired) electrons. The average Bonchev–Trinajstić information content (AvgIpc) is 3.57. The molecule has 0 saturated heterocycles. The minimum Gasteiger partial charge on any atom is -0.316 e. The van der Waals surface area contributed by atoms with Gasteiger partial charge in [0.25, 0.3) is 0 Å². The number of fused-ring (bicyclic) bond motifs is 1. The molecular weight excluding hydrogens is 470 g/mol. The highest BCUT2D eigenvalue weighted by molar-refractivity contribution is 7.99. The highest BCUT2D eigenvalue weighted by Gasteiger charge is 2.25. The van der Waals surface area contributed by atoms with Crippen LogP contribution in [-0.4, -0.2) is 26.4 Å². The molecule has 2 aliphatic carbocycles. The first-order chi connectivity index (χ1) is 16.2. The van der Waals surface area contributed by atoms with Gasteiger partial charge in [-0.1, -0.05) is 37.1 Å². The summed E-state index contributed by atoms with van der Waals surface area (Å²) in [4.78, 5) is 15.4. The highest BCUT2D eigenvalue weighted by atomic mass is 32.2. The Morgan fingerprint density at radius 2 is 2.06 bits per heavy atom. The first-order valence-corrected chi connectivity index (χ1v) is 14.3. The van der Waals surface area contributed by atoms with Crippen LogP contribution in [0.5, 0.6) is 0 Å². The number of thiophene rings is 2. The summed E-state index contributed by atoms with van der Waals surface area (Å²) in [6.07, 6.45) is 11.0. The van der Waals surface area contributed by atoms with Gasteiger partial charge < -0.3 is 9.88 Å². The van der Waals surface area contributed by atoms with E-state index in [-0.39, 0.29) is 11.7 Å². The molecule has 0 atom stereocenters. The van der Waals surface area contributed by atoms with Crippen molar-refractivity contribution in [2.24, 2.45) is 0 Å². The Kier molecular flexibility index (Phi) is 7.14. The van der Waals surface area contributed by atoms with Crippen LogP contribution in [0.1, 0.15) is 77.7 Å². The van der Waals surface area contributed by atoms with Gasteiger partial charge in [-0.3, -0.25) is 4.79 Å². The van der Waals surface area contributed by atoms with Gasteiger partial charge in [0.1, 0.15) is 16.9 Å². The molecule has 0 unspecified atom stereocenters. The highest BCUT2D eigenvalue weighted by Crippen LogP contribution is 2.38. The van der Waals surface area contributed by atoms with Gasteiger partial charge in [0.2, 0.25) is 5.91 Å². The number of rotatable bonds is 7. The number of carbonyl (C=O) groups is 1. The Labute approximate surface area is 206 Å². The molecule has 1 amide bonds. The van der Waals surface area contributed by atoms with Gasteiger partial charge >= 0.3 is 0 Å². The zero-order valence-corrected chi connectivity index (χ0v) is 21.0. The number of nitrogens with one attached hydrogen (secondary N) is 1. The monoisotopic (exact) mass is 497 g/mol. The predicted molar refractivity (Wildman–Crippen MR) is 134 cm³/mol. The van der Waals surface area contributed by atoms with Crippen molar-refractivity contribution in [2.45, 2.75) is 75.4 Å². The number of nitriles is 1. The Bertz CT molecular complexity index is 1150. The topological polar surface area (TPSA) is 83.6 Å². The number of hydrogen-bond acceptors (Lipinski definition) is 7. The summed E-state index contributed by atoms with van der Waals surface area (Å²) in [5, 5.41) is 25.3. The van der Waals surface area contributed by atoms with Crippen LogP contribution in [0.15, 0.2) is 22.7 Å². The fraction of sp³-hybridized carbons (Fsp3) is 0.500. The Hall–Kier alpha value is -2.15. The molecule has 0 bridgehead atoms. The van der Waals surface area contributed by atoms with Gasteiger partial charge in [0.15, 0.2) is 5.16 Å². The van der Waals surface area contributed by atoms with E-state index in [1.54, 1.807) is 22.7 Å². The predicted octanol–water partition coefficient (Wildman–Crippen LogP) is 5.98. The van der Waals surface area contributed by atoms with Crippen LogP contribution < -0.4 is 5.32 Å². The van der Waals surface area contributed by atoms with Crippen LogP contribution in [0.4, 0.5) is 5.00 Å². The Balaban J connectivity index is 1.30. The molecule has 3 aromatic rings. The molecule has 9 heteroatoms. The second-order valence-electron chi connectivity index (χ2n) is 8.68. The number of aromatic nitrogens is 3. The molecule has 5 rings (SSSR count). The minimum absolute atomic E-state index is 0.0897. The smallest absolute Gasteiger partial charge is 0.235 e. The summed E-state index contributed by atoms with van der Waals surface area (Å²) in [6.45, 7) is 0. The summed E-state index contributed by atoms with van der Waals surface area (Å²) < 4.78 is 2.29. The van der Waals surface area contributed by atoms with E-state index < -0.39 is 0 Å². The molecule has 6 nitrogen and oxygen atoms in total. The SMILES string of the molecule is N#Cc1c(NC(=O)CSc2nnc(Cc3cccs3)n2C2CCCCC2)sc2c1CCCC2. The molecule has 3 heterocycles. The Morgan fingerprint density at radius 3 is 2.85 bits per heavy atom. The van der Waals surface area contributed by atoms with E-state index in [1.165, 1.54) is 40.8 Å². The second kappa shape index (κ2) is 10.4. The summed E-state index contributed by atoms with van der Waals surface area (Å²) in [7, 11) is 0. The van der Waals surface area contributed by atoms with E-state index in [4.69, 9.17) is 0 Å². The number of nitrogens with zero attached hydrogens (tertiary/aromatic N) is 4. The van der Waals surface area contributed by atoms with Gasteiger partial charge in [-0.25, -0.2) is 0 Å². The zero-order chi connectivity index (χ0) is 22.6. The molecule has 3 aromatic heterocycles. The van der Waals surface area contributed by atoms with Crippen molar-refractivity contribution in [2.75, 3.05) is 11.1 Å². The van der Waals surface area contributed by atoms with Crippen molar-refractivity contribution < 1.29 is 4.79 Å². The van der Waals surface area contributed by atoms with E-state index in [0.717, 1.165) is 61.5 Å². The van der Waals surface area contributed by atoms with Crippen LogP contribution in [0.3, 0.4) is 0 Å². The van der Waals surface area contributed by atoms with Gasteiger partial charge in [0.05, 0.1) is 11.3 Å². The second-order valence-corrected chi connectivity index (χ2v) is 11.8. The quantitative estimate of drug-likeness (QED) is 0.406. The van der Waals surface area contributed by atoms with Crippen LogP contribution in [-0.2, 0) is 24.1 Å². The van der Waals surface area contributed by atoms with Gasteiger partial charge in [-0.05, 0) is 55.5 Å². The first-order valence-electron chi connectivity index (χ1n) is 11.7. The number of carbonyl (C=O) groups excluding carboxylic acids is 1. The molecule has 0 aromatic carbocycles. The lowest BCUT2D eigenvalue weighted by Crippen LogP contribution is -2.18. The third kappa shape index (κ3) is 5.03. The molecule has 33 heavy (non-hydrogen) atoms. The van der Waals surface area contributed by atoms with Crippen LogP contribution in [0.2, 0.25) is 0 Å². The fourth-order valence-corrected chi connectivity index (χ4v) is 7.65. The van der Waals surface area contributed by atoms with E-state index in [2.05, 4.69) is 43.7 Å². The molecule has 1 N–H and O–H groups in total. The lowest BCUT2D eigenvalue weighted by Gasteiger charge is -2.25. The molecule has 1 fully saturated rings. The molecular formula is C24H27N5OS3. The fourth-order valence-electron chi connectivity index (χ4n) is 4.87. The number of anilines is 1. The zero-order valence-electron chi connectivity index (χ0n) is 18.5. The van der Waals surface area contributed by atoms with E-state index in [0.29, 0.717) is 16.6 Å². The van der Waals surface area contributed by atoms with E-state index in [1.807, 2.05) is 0 Å². The van der Waals surface area contributed by atoms with Gasteiger partial charge in [-0.2, -0.15) is 5.26 Å². The Morgan fingerprint density at radius 1 is 1.21 bits per heavy atom. The molecule has 172 valence electrons. The van der Waals surface area contributed by atoms with Crippen molar-refractivity contribution in [3.63, 3.8) is 0 Å². The molecule has 1 saturated carbocycles. The van der Waals surface area contributed by atoms with Crippen molar-refractivity contribution in [3.05, 3.63) is 44.2 Å². The molecule has 0 spiro atoms. The van der Waals surface area contributed by atoms with Crippen LogP contribution in [0.25, 0.3) is 0 Å². The number of hydrogen-bond donors (Lipinski definition) is 1. The van der Waals surface area contributed by atoms with Gasteiger partial charge in [-0.15, -0.1) is 32.9 Å². The number of amides is 1. The summed E-state index contributed by atoms with van der Waals surface area (Å²) in [5.74, 6) is 1.16. The summed E-state index contributed by atoms with van der Waals surface area (Å²) >= 11 is 4.76. The van der Waals surface area contributed by atoms with Crippen LogP contribution in [0, 0.1) is 11.3 Å². The standard InChI is InChI=1S/C24H27N5OS3/c25-14-19-18-10-4-5-11-20(18)33-23(19)26-22(30)15-32-24-28-27-21(13-17-9-6-12-31-17)29(24)16-7-2-1-3-8-16/h6,9,12,16H,1-5,7-8,10-11,13,15H2,(H,26,30). The number of thioether (sulfide) groups is 1. The minimum atomic E-state index is -0.0897. The third-order valence-electron chi connectivity index (χ3n) is 6.46. The molecule has 0 aliphatic heterocycles. The number of aryl methyl sites for hydroxylation is 1. The van der Waals surface area contributed by atoms with E-state index in [9.17, 15) is 10.1 Å². The summed E-state index contributed by atoms with van der Waals surface area (Å²) in [5.41, 5.74) is 1.81. The van der Waals surface area contributed by atoms with Crippen molar-refractivity contribution in [1.29, 1.82) is 5.26 Å². The average molecular weight is 498 g/mol. The lowest BCUT2D eigenvalue weighted by molar-refractivity contribution is -0.113. The molecule has 2 aliphatic rings. The van der Waals surface area contributed by atoms with E-state index >= 15 is 0 Å². The van der Waals surface area contributed by atoms with Gasteiger partial charge in [0, 0.05) is 22.2 Å². The maximum Gasteiger partial charge on any atom is 0.235 e. The first kappa shape index (κ1) is 22.6. The van der Waals surface area contributed by atoms with Crippen LogP contribution >= 0.6 is 34.4 Å². The lowest BCUT2D eigenvalue weighted by atomic mass is 9.95. The summed E-state index contributed by atoms with van der Waals surface area (Å²) in [6, 6.07) is 6.93.